The van der Waals surface area contributed by atoms with Crippen molar-refractivity contribution in [3.8, 4) is 11.4 Å². The zero-order chi connectivity index (χ0) is 21.9. The number of primary amides is 1. The number of nitrogens with two attached hydrogens (primary N) is 1. The molecule has 30 heavy (non-hydrogen) atoms. The van der Waals surface area contributed by atoms with E-state index in [4.69, 9.17) is 5.73 Å². The highest BCUT2D eigenvalue weighted by molar-refractivity contribution is 7.99. The molecule has 162 valence electrons. The summed E-state index contributed by atoms with van der Waals surface area (Å²) < 4.78 is 2.02. The second-order valence-electron chi connectivity index (χ2n) is 8.67. The van der Waals surface area contributed by atoms with Gasteiger partial charge in [0.05, 0.1) is 5.75 Å². The molecule has 1 aromatic carbocycles. The Balaban J connectivity index is 1.73. The maximum absolute atomic E-state index is 12.7. The number of amides is 2. The first-order valence-electron chi connectivity index (χ1n) is 10.5. The number of carbonyl (C=O) groups is 2. The highest BCUT2D eigenvalue weighted by Crippen LogP contribution is 2.28. The van der Waals surface area contributed by atoms with Gasteiger partial charge in [-0.25, -0.2) is 0 Å². The van der Waals surface area contributed by atoms with Crippen LogP contribution in [0.4, 0.5) is 0 Å². The Morgan fingerprint density at radius 2 is 1.87 bits per heavy atom. The lowest BCUT2D eigenvalue weighted by Gasteiger charge is -2.33. The van der Waals surface area contributed by atoms with Gasteiger partial charge >= 0.3 is 0 Å². The van der Waals surface area contributed by atoms with Crippen molar-refractivity contribution in [1.29, 1.82) is 0 Å². The van der Waals surface area contributed by atoms with Crippen LogP contribution in [0.2, 0.25) is 0 Å². The van der Waals surface area contributed by atoms with Crippen LogP contribution in [0.1, 0.15) is 52.5 Å². The number of piperidine rings is 1. The Hall–Kier alpha value is -2.35. The van der Waals surface area contributed by atoms with Gasteiger partial charge in [-0.3, -0.25) is 9.59 Å². The molecular formula is C22H31N5O2S. The normalized spacial score (nSPS) is 17.2. The first kappa shape index (κ1) is 22.3. The monoisotopic (exact) mass is 429 g/mol. The van der Waals surface area contributed by atoms with Gasteiger partial charge in [0.1, 0.15) is 6.04 Å². The number of nitrogens with zero attached hydrogens (tertiary/aromatic N) is 4. The maximum Gasteiger partial charge on any atom is 0.240 e. The Morgan fingerprint density at radius 1 is 1.17 bits per heavy atom. The minimum Gasteiger partial charge on any atom is -0.368 e. The van der Waals surface area contributed by atoms with Crippen LogP contribution in [-0.2, 0) is 21.5 Å². The van der Waals surface area contributed by atoms with E-state index in [-0.39, 0.29) is 17.1 Å². The molecule has 1 aromatic heterocycles. The molecule has 1 unspecified atom stereocenters. The van der Waals surface area contributed by atoms with Crippen LogP contribution >= 0.6 is 11.8 Å². The summed E-state index contributed by atoms with van der Waals surface area (Å²) in [6.07, 6.45) is 2.47. The molecule has 2 heterocycles. The van der Waals surface area contributed by atoms with Gasteiger partial charge in [-0.15, -0.1) is 10.2 Å². The first-order valence-corrected chi connectivity index (χ1v) is 11.5. The standard InChI is InChI=1S/C22H31N5O2S/c1-5-26-20(15-9-11-16(12-10-15)22(2,3)4)24-25-21(26)30-14-18(28)27-13-7-6-8-17(27)19(23)29/h9-12,17H,5-8,13-14H2,1-4H3,(H2,23,29). The number of hydrogen-bond donors (Lipinski definition) is 1. The molecule has 0 radical (unpaired) electrons. The van der Waals surface area contributed by atoms with Crippen LogP contribution in [0, 0.1) is 0 Å². The van der Waals surface area contributed by atoms with Crippen molar-refractivity contribution in [2.75, 3.05) is 12.3 Å². The molecule has 1 fully saturated rings. The summed E-state index contributed by atoms with van der Waals surface area (Å²) in [5, 5.41) is 9.40. The molecule has 2 N–H and O–H groups in total. The third-order valence-corrected chi connectivity index (χ3v) is 6.47. The number of thioether (sulfide) groups is 1. The molecule has 0 bridgehead atoms. The van der Waals surface area contributed by atoms with Crippen LogP contribution in [0.25, 0.3) is 11.4 Å². The van der Waals surface area contributed by atoms with E-state index in [0.29, 0.717) is 24.7 Å². The molecule has 0 aliphatic carbocycles. The van der Waals surface area contributed by atoms with E-state index in [1.165, 1.54) is 17.3 Å². The average Bonchev–Trinajstić information content (AvgIpc) is 3.14. The van der Waals surface area contributed by atoms with Crippen molar-refractivity contribution in [3.05, 3.63) is 29.8 Å². The summed E-state index contributed by atoms with van der Waals surface area (Å²) in [5.74, 6) is 0.502. The van der Waals surface area contributed by atoms with E-state index >= 15 is 0 Å². The predicted molar refractivity (Wildman–Crippen MR) is 119 cm³/mol. The second-order valence-corrected chi connectivity index (χ2v) is 9.61. The number of aromatic nitrogens is 3. The van der Waals surface area contributed by atoms with Crippen molar-refractivity contribution < 1.29 is 9.59 Å². The Morgan fingerprint density at radius 3 is 2.47 bits per heavy atom. The van der Waals surface area contributed by atoms with Crippen molar-refractivity contribution in [2.45, 2.75) is 70.1 Å². The SMILES string of the molecule is CCn1c(SCC(=O)N2CCCCC2C(N)=O)nnc1-c1ccc(C(C)(C)C)cc1. The van der Waals surface area contributed by atoms with Gasteiger partial charge in [0.15, 0.2) is 11.0 Å². The largest absolute Gasteiger partial charge is 0.368 e. The summed E-state index contributed by atoms with van der Waals surface area (Å²) in [4.78, 5) is 26.0. The highest BCUT2D eigenvalue weighted by Gasteiger charge is 2.30. The summed E-state index contributed by atoms with van der Waals surface area (Å²) >= 11 is 1.36. The van der Waals surface area contributed by atoms with Crippen molar-refractivity contribution in [3.63, 3.8) is 0 Å². The molecule has 0 saturated carbocycles. The van der Waals surface area contributed by atoms with E-state index in [1.807, 2.05) is 11.5 Å². The van der Waals surface area contributed by atoms with Crippen molar-refractivity contribution in [1.82, 2.24) is 19.7 Å². The molecule has 3 rings (SSSR count). The molecule has 2 amide bonds. The number of rotatable bonds is 6. The summed E-state index contributed by atoms with van der Waals surface area (Å²) in [5.41, 5.74) is 7.84. The molecule has 7 nitrogen and oxygen atoms in total. The van der Waals surface area contributed by atoms with Crippen LogP contribution in [0.15, 0.2) is 29.4 Å². The van der Waals surface area contributed by atoms with Crippen molar-refractivity contribution in [2.24, 2.45) is 5.73 Å². The average molecular weight is 430 g/mol. The lowest BCUT2D eigenvalue weighted by molar-refractivity contribution is -0.138. The van der Waals surface area contributed by atoms with Gasteiger partial charge in [-0.05, 0) is 37.2 Å². The minimum absolute atomic E-state index is 0.0785. The zero-order valence-electron chi connectivity index (χ0n) is 18.2. The fourth-order valence-corrected chi connectivity index (χ4v) is 4.64. The topological polar surface area (TPSA) is 94.1 Å². The van der Waals surface area contributed by atoms with Gasteiger partial charge < -0.3 is 15.2 Å². The van der Waals surface area contributed by atoms with E-state index in [1.54, 1.807) is 4.90 Å². The Bertz CT molecular complexity index is 901. The lowest BCUT2D eigenvalue weighted by atomic mass is 9.87. The smallest absolute Gasteiger partial charge is 0.240 e. The van der Waals surface area contributed by atoms with E-state index in [9.17, 15) is 9.59 Å². The van der Waals surface area contributed by atoms with Crippen LogP contribution < -0.4 is 5.73 Å². The Labute approximate surface area is 182 Å². The van der Waals surface area contributed by atoms with Crippen LogP contribution in [0.5, 0.6) is 0 Å². The Kier molecular flexibility index (Phi) is 6.85. The van der Waals surface area contributed by atoms with Crippen LogP contribution in [-0.4, -0.2) is 49.8 Å². The summed E-state index contributed by atoms with van der Waals surface area (Å²) in [6, 6.07) is 7.90. The number of likely N-dealkylation sites (tertiary alicyclic amines) is 1. The van der Waals surface area contributed by atoms with E-state index in [2.05, 4.69) is 55.2 Å². The molecule has 2 aromatic rings. The molecule has 8 heteroatoms. The van der Waals surface area contributed by atoms with Gasteiger partial charge in [-0.2, -0.15) is 0 Å². The molecule has 1 saturated heterocycles. The third kappa shape index (κ3) is 4.86. The molecule has 1 aliphatic rings. The quantitative estimate of drug-likeness (QED) is 0.712. The van der Waals surface area contributed by atoms with Crippen molar-refractivity contribution >= 4 is 23.6 Å². The predicted octanol–water partition coefficient (Wildman–Crippen LogP) is 3.22. The molecule has 0 spiro atoms. The summed E-state index contributed by atoms with van der Waals surface area (Å²) in [6.45, 7) is 9.89. The lowest BCUT2D eigenvalue weighted by Crippen LogP contribution is -2.51. The van der Waals surface area contributed by atoms with E-state index < -0.39 is 11.9 Å². The first-order chi connectivity index (χ1) is 14.2. The summed E-state index contributed by atoms with van der Waals surface area (Å²) in [7, 11) is 0. The van der Waals surface area contributed by atoms with Gasteiger partial charge in [0, 0.05) is 18.7 Å². The third-order valence-electron chi connectivity index (χ3n) is 5.52. The second kappa shape index (κ2) is 9.20. The van der Waals surface area contributed by atoms with Gasteiger partial charge in [0.2, 0.25) is 11.8 Å². The highest BCUT2D eigenvalue weighted by atomic mass is 32.2. The fourth-order valence-electron chi connectivity index (χ4n) is 3.75. The molecular weight excluding hydrogens is 398 g/mol. The number of hydrogen-bond acceptors (Lipinski definition) is 5. The van der Waals surface area contributed by atoms with Gasteiger partial charge in [-0.1, -0.05) is 56.8 Å². The minimum atomic E-state index is -0.493. The zero-order valence-corrected chi connectivity index (χ0v) is 19.0. The molecule has 1 atom stereocenters. The van der Waals surface area contributed by atoms with Crippen LogP contribution in [0.3, 0.4) is 0 Å². The number of benzene rings is 1. The molecule has 1 aliphatic heterocycles. The van der Waals surface area contributed by atoms with E-state index in [0.717, 1.165) is 24.2 Å². The maximum atomic E-state index is 12.7. The number of carbonyl (C=O) groups excluding carboxylic acids is 2. The fraction of sp³-hybridized carbons (Fsp3) is 0.545. The van der Waals surface area contributed by atoms with Gasteiger partial charge in [0.25, 0.3) is 0 Å².